The van der Waals surface area contributed by atoms with Crippen LogP contribution < -0.4 is 0 Å². The lowest BCUT2D eigenvalue weighted by Crippen LogP contribution is -2.30. The van der Waals surface area contributed by atoms with E-state index in [9.17, 15) is 4.79 Å². The fourth-order valence-corrected chi connectivity index (χ4v) is 1.86. The number of pyridine rings is 2. The molecule has 0 radical (unpaired) electrons. The molecule has 20 heavy (non-hydrogen) atoms. The molecule has 0 bridgehead atoms. The first-order chi connectivity index (χ1) is 9.78. The zero-order chi connectivity index (χ0) is 14.2. The van der Waals surface area contributed by atoms with Crippen LogP contribution in [0, 0.1) is 0 Å². The molecule has 2 heterocycles. The van der Waals surface area contributed by atoms with Gasteiger partial charge in [-0.05, 0) is 24.3 Å². The van der Waals surface area contributed by atoms with Gasteiger partial charge in [-0.1, -0.05) is 12.1 Å². The lowest BCUT2D eigenvalue weighted by atomic mass is 10.3. The van der Waals surface area contributed by atoms with Crippen LogP contribution in [0.25, 0.3) is 0 Å². The van der Waals surface area contributed by atoms with Crippen LogP contribution in [0.1, 0.15) is 11.4 Å². The summed E-state index contributed by atoms with van der Waals surface area (Å²) >= 11 is 0. The normalized spacial score (nSPS) is 10.5. The summed E-state index contributed by atoms with van der Waals surface area (Å²) in [5.41, 5.74) is 1.82. The van der Waals surface area contributed by atoms with Gasteiger partial charge in [0.25, 0.3) is 0 Å². The van der Waals surface area contributed by atoms with E-state index in [0.29, 0.717) is 13.1 Å². The number of carbonyl (C=O) groups is 1. The van der Waals surface area contributed by atoms with Gasteiger partial charge in [-0.25, -0.2) is 0 Å². The second-order valence-corrected chi connectivity index (χ2v) is 4.36. The third kappa shape index (κ3) is 4.44. The smallest absolute Gasteiger partial charge is 0.319 e. The molecule has 0 amide bonds. The quantitative estimate of drug-likeness (QED) is 0.748. The molecule has 0 aromatic carbocycles. The Morgan fingerprint density at radius 2 is 1.60 bits per heavy atom. The standard InChI is InChI=1S/C15H17N3O2/c1-20-15(19)12-18(10-13-6-2-4-8-16-13)11-14-7-3-5-9-17-14/h2-9H,10-12H2,1H3. The molecule has 0 aliphatic heterocycles. The molecular formula is C15H17N3O2. The van der Waals surface area contributed by atoms with Crippen molar-refractivity contribution in [2.24, 2.45) is 0 Å². The zero-order valence-electron chi connectivity index (χ0n) is 11.4. The number of methoxy groups -OCH3 is 1. The van der Waals surface area contributed by atoms with Crippen molar-refractivity contribution in [2.45, 2.75) is 13.1 Å². The molecule has 0 aliphatic rings. The van der Waals surface area contributed by atoms with Gasteiger partial charge in [-0.3, -0.25) is 19.7 Å². The van der Waals surface area contributed by atoms with Crippen LogP contribution in [0.3, 0.4) is 0 Å². The van der Waals surface area contributed by atoms with Crippen molar-refractivity contribution >= 4 is 5.97 Å². The predicted molar refractivity (Wildman–Crippen MR) is 74.6 cm³/mol. The Kier molecular flexibility index (Phi) is 5.20. The van der Waals surface area contributed by atoms with Crippen LogP contribution in [0.15, 0.2) is 48.8 Å². The number of ether oxygens (including phenoxy) is 1. The van der Waals surface area contributed by atoms with E-state index < -0.39 is 0 Å². The minimum Gasteiger partial charge on any atom is -0.468 e. The van der Waals surface area contributed by atoms with E-state index >= 15 is 0 Å². The Bertz CT molecular complexity index is 490. The van der Waals surface area contributed by atoms with E-state index in [1.54, 1.807) is 12.4 Å². The zero-order valence-corrected chi connectivity index (χ0v) is 11.4. The first-order valence-electron chi connectivity index (χ1n) is 6.37. The van der Waals surface area contributed by atoms with Crippen LogP contribution in [0.4, 0.5) is 0 Å². The fourth-order valence-electron chi connectivity index (χ4n) is 1.86. The summed E-state index contributed by atoms with van der Waals surface area (Å²) in [5.74, 6) is -0.267. The monoisotopic (exact) mass is 271 g/mol. The Hall–Kier alpha value is -2.27. The molecule has 104 valence electrons. The molecule has 5 heteroatoms. The number of aromatic nitrogens is 2. The Morgan fingerprint density at radius 3 is 2.00 bits per heavy atom. The number of hydrogen-bond acceptors (Lipinski definition) is 5. The van der Waals surface area contributed by atoms with Gasteiger partial charge in [0.1, 0.15) is 0 Å². The SMILES string of the molecule is COC(=O)CN(Cc1ccccn1)Cc1ccccn1. The third-order valence-electron chi connectivity index (χ3n) is 2.80. The molecule has 2 rings (SSSR count). The summed E-state index contributed by atoms with van der Waals surface area (Å²) in [6.45, 7) is 1.36. The summed E-state index contributed by atoms with van der Waals surface area (Å²) in [6, 6.07) is 11.5. The van der Waals surface area contributed by atoms with E-state index in [2.05, 4.69) is 9.97 Å². The molecule has 0 aliphatic carbocycles. The number of carbonyl (C=O) groups excluding carboxylic acids is 1. The van der Waals surface area contributed by atoms with E-state index in [-0.39, 0.29) is 12.5 Å². The average Bonchev–Trinajstić information content (AvgIpc) is 2.49. The maximum Gasteiger partial charge on any atom is 0.319 e. The van der Waals surface area contributed by atoms with Gasteiger partial charge in [-0.2, -0.15) is 0 Å². The van der Waals surface area contributed by atoms with Crippen LogP contribution in [-0.2, 0) is 22.6 Å². The summed E-state index contributed by atoms with van der Waals surface area (Å²) in [7, 11) is 1.39. The van der Waals surface area contributed by atoms with Crippen LogP contribution in [-0.4, -0.2) is 34.5 Å². The average molecular weight is 271 g/mol. The van der Waals surface area contributed by atoms with Gasteiger partial charge < -0.3 is 4.74 Å². The van der Waals surface area contributed by atoms with Crippen molar-refractivity contribution in [1.82, 2.24) is 14.9 Å². The highest BCUT2D eigenvalue weighted by atomic mass is 16.5. The van der Waals surface area contributed by atoms with E-state index in [1.807, 2.05) is 41.3 Å². The van der Waals surface area contributed by atoms with E-state index in [4.69, 9.17) is 4.74 Å². The van der Waals surface area contributed by atoms with Gasteiger partial charge in [0.2, 0.25) is 0 Å². The van der Waals surface area contributed by atoms with Crippen LogP contribution in [0.2, 0.25) is 0 Å². The fraction of sp³-hybridized carbons (Fsp3) is 0.267. The third-order valence-corrected chi connectivity index (χ3v) is 2.80. The van der Waals surface area contributed by atoms with Gasteiger partial charge in [-0.15, -0.1) is 0 Å². The first-order valence-corrected chi connectivity index (χ1v) is 6.37. The lowest BCUT2D eigenvalue weighted by Gasteiger charge is -2.20. The summed E-state index contributed by atoms with van der Waals surface area (Å²) in [4.78, 5) is 22.0. The number of rotatable bonds is 6. The first kappa shape index (κ1) is 14.1. The highest BCUT2D eigenvalue weighted by Gasteiger charge is 2.13. The Morgan fingerprint density at radius 1 is 1.05 bits per heavy atom. The van der Waals surface area contributed by atoms with Crippen LogP contribution in [0.5, 0.6) is 0 Å². The molecular weight excluding hydrogens is 254 g/mol. The van der Waals surface area contributed by atoms with Crippen molar-refractivity contribution < 1.29 is 9.53 Å². The molecule has 0 N–H and O–H groups in total. The summed E-state index contributed by atoms with van der Waals surface area (Å²) in [6.07, 6.45) is 3.48. The van der Waals surface area contributed by atoms with Crippen LogP contribution >= 0.6 is 0 Å². The maximum absolute atomic E-state index is 11.5. The Labute approximate surface area is 118 Å². The topological polar surface area (TPSA) is 55.3 Å². The maximum atomic E-state index is 11.5. The Balaban J connectivity index is 2.06. The minimum atomic E-state index is -0.267. The predicted octanol–water partition coefficient (Wildman–Crippen LogP) is 1.65. The second-order valence-electron chi connectivity index (χ2n) is 4.36. The summed E-state index contributed by atoms with van der Waals surface area (Å²) in [5, 5.41) is 0. The molecule has 0 unspecified atom stereocenters. The van der Waals surface area contributed by atoms with Crippen molar-refractivity contribution in [1.29, 1.82) is 0 Å². The molecule has 2 aromatic heterocycles. The van der Waals surface area contributed by atoms with Crippen molar-refractivity contribution in [3.8, 4) is 0 Å². The molecule has 2 aromatic rings. The van der Waals surface area contributed by atoms with Gasteiger partial charge in [0.15, 0.2) is 0 Å². The van der Waals surface area contributed by atoms with Gasteiger partial charge in [0, 0.05) is 25.5 Å². The number of hydrogen-bond donors (Lipinski definition) is 0. The van der Waals surface area contributed by atoms with Gasteiger partial charge >= 0.3 is 5.97 Å². The molecule has 5 nitrogen and oxygen atoms in total. The molecule has 0 fully saturated rings. The highest BCUT2D eigenvalue weighted by Crippen LogP contribution is 2.06. The largest absolute Gasteiger partial charge is 0.468 e. The lowest BCUT2D eigenvalue weighted by molar-refractivity contribution is -0.142. The summed E-state index contributed by atoms with van der Waals surface area (Å²) < 4.78 is 4.73. The number of nitrogens with zero attached hydrogens (tertiary/aromatic N) is 3. The molecule has 0 atom stereocenters. The number of esters is 1. The minimum absolute atomic E-state index is 0.212. The van der Waals surface area contributed by atoms with Crippen molar-refractivity contribution in [2.75, 3.05) is 13.7 Å². The van der Waals surface area contributed by atoms with Gasteiger partial charge in [0.05, 0.1) is 25.0 Å². The van der Waals surface area contributed by atoms with E-state index in [1.165, 1.54) is 7.11 Å². The highest BCUT2D eigenvalue weighted by molar-refractivity contribution is 5.71. The molecule has 0 saturated heterocycles. The second kappa shape index (κ2) is 7.35. The molecule has 0 saturated carbocycles. The van der Waals surface area contributed by atoms with Crippen molar-refractivity contribution in [3.05, 3.63) is 60.2 Å². The molecule has 0 spiro atoms. The van der Waals surface area contributed by atoms with Crippen molar-refractivity contribution in [3.63, 3.8) is 0 Å². The van der Waals surface area contributed by atoms with E-state index in [0.717, 1.165) is 11.4 Å².